The van der Waals surface area contributed by atoms with Gasteiger partial charge in [0.1, 0.15) is 10.8 Å². The Morgan fingerprint density at radius 3 is 2.43 bits per heavy atom. The number of esters is 1. The van der Waals surface area contributed by atoms with Crippen molar-refractivity contribution in [2.45, 2.75) is 6.10 Å². The highest BCUT2D eigenvalue weighted by atomic mass is 35.5. The molecule has 0 aliphatic heterocycles. The van der Waals surface area contributed by atoms with Gasteiger partial charge in [0.15, 0.2) is 0 Å². The minimum Gasteiger partial charge on any atom is -0.508 e. The summed E-state index contributed by atoms with van der Waals surface area (Å²) in [6.07, 6.45) is -1.34. The van der Waals surface area contributed by atoms with Gasteiger partial charge in [0.2, 0.25) is 6.10 Å². The Balaban J connectivity index is 1.87. The molecule has 1 atom stereocenters. The van der Waals surface area contributed by atoms with Gasteiger partial charge in [0.05, 0.1) is 10.5 Å². The standard InChI is InChI=1S/C21H15ClN2O6/c22-17-10-9-15(12-18(17)24(28)29)23-20(26)19(13-5-2-1-3-6-13)30-21(27)14-7-4-8-16(25)11-14/h1-12,19,25H,(H,23,26). The Kier molecular flexibility index (Phi) is 6.29. The number of hydrogen-bond acceptors (Lipinski definition) is 6. The van der Waals surface area contributed by atoms with Crippen molar-refractivity contribution in [2.24, 2.45) is 0 Å². The molecule has 1 amide bonds. The quantitative estimate of drug-likeness (QED) is 0.340. The third kappa shape index (κ3) is 4.92. The Morgan fingerprint density at radius 2 is 1.77 bits per heavy atom. The molecule has 0 heterocycles. The number of anilines is 1. The molecule has 152 valence electrons. The van der Waals surface area contributed by atoms with Gasteiger partial charge < -0.3 is 15.2 Å². The second-order valence-corrected chi connectivity index (χ2v) is 6.57. The summed E-state index contributed by atoms with van der Waals surface area (Å²) in [5.74, 6) is -1.66. The first-order valence-corrected chi connectivity index (χ1v) is 9.02. The van der Waals surface area contributed by atoms with Crippen molar-refractivity contribution in [2.75, 3.05) is 5.32 Å². The molecule has 0 aromatic heterocycles. The second-order valence-electron chi connectivity index (χ2n) is 6.16. The van der Waals surface area contributed by atoms with E-state index in [1.165, 1.54) is 36.4 Å². The van der Waals surface area contributed by atoms with Gasteiger partial charge in [0, 0.05) is 17.3 Å². The summed E-state index contributed by atoms with van der Waals surface area (Å²) in [5.41, 5.74) is 0.200. The molecule has 0 fully saturated rings. The molecule has 0 aliphatic rings. The number of halogens is 1. The van der Waals surface area contributed by atoms with E-state index >= 15 is 0 Å². The monoisotopic (exact) mass is 426 g/mol. The number of amides is 1. The summed E-state index contributed by atoms with van der Waals surface area (Å²) in [5, 5.41) is 23.0. The molecule has 0 radical (unpaired) electrons. The first-order valence-electron chi connectivity index (χ1n) is 8.65. The number of nitro groups is 1. The lowest BCUT2D eigenvalue weighted by molar-refractivity contribution is -0.384. The van der Waals surface area contributed by atoms with Crippen molar-refractivity contribution in [3.63, 3.8) is 0 Å². The van der Waals surface area contributed by atoms with Crippen LogP contribution in [0.25, 0.3) is 0 Å². The SMILES string of the molecule is O=C(OC(C(=O)Nc1ccc(Cl)c([N+](=O)[O-])c1)c1ccccc1)c1cccc(O)c1. The van der Waals surface area contributed by atoms with Crippen LogP contribution in [0, 0.1) is 10.1 Å². The van der Waals surface area contributed by atoms with Gasteiger partial charge in [-0.1, -0.05) is 48.0 Å². The van der Waals surface area contributed by atoms with Crippen molar-refractivity contribution in [1.29, 1.82) is 0 Å². The highest BCUT2D eigenvalue weighted by Crippen LogP contribution is 2.29. The van der Waals surface area contributed by atoms with Crippen LogP contribution in [0.2, 0.25) is 5.02 Å². The first kappa shape index (κ1) is 20.8. The summed E-state index contributed by atoms with van der Waals surface area (Å²) < 4.78 is 5.39. The topological polar surface area (TPSA) is 119 Å². The van der Waals surface area contributed by atoms with E-state index < -0.39 is 22.9 Å². The van der Waals surface area contributed by atoms with Crippen LogP contribution in [0.4, 0.5) is 11.4 Å². The van der Waals surface area contributed by atoms with Gasteiger partial charge >= 0.3 is 5.97 Å². The minimum atomic E-state index is -1.34. The van der Waals surface area contributed by atoms with Crippen molar-refractivity contribution in [3.05, 3.63) is 99.1 Å². The fourth-order valence-electron chi connectivity index (χ4n) is 2.65. The fourth-order valence-corrected chi connectivity index (χ4v) is 2.83. The number of benzene rings is 3. The molecular weight excluding hydrogens is 412 g/mol. The lowest BCUT2D eigenvalue weighted by Crippen LogP contribution is -2.26. The molecule has 2 N–H and O–H groups in total. The maximum Gasteiger partial charge on any atom is 0.339 e. The smallest absolute Gasteiger partial charge is 0.339 e. The first-order chi connectivity index (χ1) is 14.3. The third-order valence-electron chi connectivity index (χ3n) is 4.06. The molecule has 1 unspecified atom stereocenters. The molecule has 8 nitrogen and oxygen atoms in total. The molecule has 3 aromatic rings. The van der Waals surface area contributed by atoms with Crippen LogP contribution in [-0.2, 0) is 9.53 Å². The molecular formula is C21H15ClN2O6. The van der Waals surface area contributed by atoms with Crippen LogP contribution < -0.4 is 5.32 Å². The minimum absolute atomic E-state index is 0.0610. The van der Waals surface area contributed by atoms with Gasteiger partial charge in [-0.15, -0.1) is 0 Å². The number of nitro benzene ring substituents is 1. The highest BCUT2D eigenvalue weighted by Gasteiger charge is 2.26. The van der Waals surface area contributed by atoms with Gasteiger partial charge in [-0.05, 0) is 30.3 Å². The maximum atomic E-state index is 12.9. The molecule has 0 saturated heterocycles. The van der Waals surface area contributed by atoms with Crippen LogP contribution in [0.5, 0.6) is 5.75 Å². The summed E-state index contributed by atoms with van der Waals surface area (Å²) in [7, 11) is 0. The molecule has 3 rings (SSSR count). The van der Waals surface area contributed by atoms with Crippen LogP contribution in [0.15, 0.2) is 72.8 Å². The molecule has 3 aromatic carbocycles. The van der Waals surface area contributed by atoms with E-state index in [9.17, 15) is 24.8 Å². The van der Waals surface area contributed by atoms with E-state index in [2.05, 4.69) is 5.32 Å². The number of phenolic OH excluding ortho intramolecular Hbond substituents is 1. The number of hydrogen-bond donors (Lipinski definition) is 2. The van der Waals surface area contributed by atoms with Crippen molar-refractivity contribution in [3.8, 4) is 5.75 Å². The summed E-state index contributed by atoms with van der Waals surface area (Å²) in [4.78, 5) is 35.8. The zero-order valence-corrected chi connectivity index (χ0v) is 16.1. The lowest BCUT2D eigenvalue weighted by atomic mass is 10.1. The van der Waals surface area contributed by atoms with E-state index in [0.717, 1.165) is 6.07 Å². The Labute approximate surface area is 175 Å². The van der Waals surface area contributed by atoms with E-state index in [0.29, 0.717) is 5.56 Å². The number of ether oxygens (including phenoxy) is 1. The van der Waals surface area contributed by atoms with Gasteiger partial charge in [-0.25, -0.2) is 4.79 Å². The zero-order valence-electron chi connectivity index (χ0n) is 15.3. The van der Waals surface area contributed by atoms with Crippen molar-refractivity contribution in [1.82, 2.24) is 0 Å². The summed E-state index contributed by atoms with van der Waals surface area (Å²) >= 11 is 5.79. The number of nitrogens with one attached hydrogen (secondary N) is 1. The predicted molar refractivity (Wildman–Crippen MR) is 109 cm³/mol. The van der Waals surface area contributed by atoms with Crippen LogP contribution in [0.3, 0.4) is 0 Å². The number of carbonyl (C=O) groups is 2. The van der Waals surface area contributed by atoms with Gasteiger partial charge in [0.25, 0.3) is 11.6 Å². The summed E-state index contributed by atoms with van der Waals surface area (Å²) in [6.45, 7) is 0. The number of aromatic hydroxyl groups is 1. The number of rotatable bonds is 6. The number of carbonyl (C=O) groups excluding carboxylic acids is 2. The number of nitrogens with zero attached hydrogens (tertiary/aromatic N) is 1. The normalized spacial score (nSPS) is 11.4. The van der Waals surface area contributed by atoms with Gasteiger partial charge in [-0.3, -0.25) is 14.9 Å². The van der Waals surface area contributed by atoms with Crippen LogP contribution in [-0.4, -0.2) is 21.9 Å². The van der Waals surface area contributed by atoms with E-state index in [1.807, 2.05) is 0 Å². The average molecular weight is 427 g/mol. The molecule has 0 spiro atoms. The van der Waals surface area contributed by atoms with E-state index in [4.69, 9.17) is 16.3 Å². The van der Waals surface area contributed by atoms with Crippen LogP contribution in [0.1, 0.15) is 22.0 Å². The van der Waals surface area contributed by atoms with Crippen molar-refractivity contribution < 1.29 is 24.4 Å². The molecule has 9 heteroatoms. The molecule has 0 aliphatic carbocycles. The van der Waals surface area contributed by atoms with Gasteiger partial charge in [-0.2, -0.15) is 0 Å². The van der Waals surface area contributed by atoms with E-state index in [1.54, 1.807) is 30.3 Å². The number of phenols is 1. The fraction of sp³-hybridized carbons (Fsp3) is 0.0476. The third-order valence-corrected chi connectivity index (χ3v) is 4.38. The Hall–Kier alpha value is -3.91. The maximum absolute atomic E-state index is 12.9. The summed E-state index contributed by atoms with van der Waals surface area (Å²) in [6, 6.07) is 17.6. The van der Waals surface area contributed by atoms with Crippen LogP contribution >= 0.6 is 11.6 Å². The highest BCUT2D eigenvalue weighted by molar-refractivity contribution is 6.32. The molecule has 0 bridgehead atoms. The molecule has 30 heavy (non-hydrogen) atoms. The van der Waals surface area contributed by atoms with Crippen molar-refractivity contribution >= 4 is 34.9 Å². The lowest BCUT2D eigenvalue weighted by Gasteiger charge is -2.18. The Morgan fingerprint density at radius 1 is 1.03 bits per heavy atom. The molecule has 0 saturated carbocycles. The zero-order chi connectivity index (χ0) is 21.7. The predicted octanol–water partition coefficient (Wildman–Crippen LogP) is 4.49. The Bertz CT molecular complexity index is 1100. The van der Waals surface area contributed by atoms with E-state index in [-0.39, 0.29) is 27.7 Å². The average Bonchev–Trinajstić information content (AvgIpc) is 2.73. The largest absolute Gasteiger partial charge is 0.508 e. The second kappa shape index (κ2) is 9.06.